The fourth-order valence-electron chi connectivity index (χ4n) is 2.86. The number of ether oxygens (including phenoxy) is 2. The molecule has 1 aromatic rings. The number of hydrogen-bond acceptors (Lipinski definition) is 6. The van der Waals surface area contributed by atoms with E-state index in [9.17, 15) is 0 Å². The number of hydrogen-bond donors (Lipinski definition) is 0. The molecule has 2 aliphatic rings. The van der Waals surface area contributed by atoms with E-state index in [1.807, 2.05) is 0 Å². The molecule has 0 bridgehead atoms. The standard InChI is InChI=1S/C14H23N3O3/c1-10(2)13-16-15-12(20-13)9-17-6-4-3-5-11(17)14-18-7-8-19-14/h10-11,14H,3-9H2,1-2H3. The van der Waals surface area contributed by atoms with Crippen LogP contribution in [0.4, 0.5) is 0 Å². The second-order valence-corrected chi connectivity index (χ2v) is 5.83. The first-order chi connectivity index (χ1) is 9.74. The normalized spacial score (nSPS) is 25.6. The minimum Gasteiger partial charge on any atom is -0.424 e. The van der Waals surface area contributed by atoms with Crippen molar-refractivity contribution in [2.75, 3.05) is 19.8 Å². The molecule has 6 nitrogen and oxygen atoms in total. The van der Waals surface area contributed by atoms with E-state index in [1.165, 1.54) is 12.8 Å². The zero-order valence-electron chi connectivity index (χ0n) is 12.2. The lowest BCUT2D eigenvalue weighted by atomic mass is 10.0. The predicted octanol–water partition coefficient (Wildman–Crippen LogP) is 1.92. The Bertz CT molecular complexity index is 429. The number of likely N-dealkylation sites (tertiary alicyclic amines) is 1. The molecule has 3 rings (SSSR count). The van der Waals surface area contributed by atoms with Gasteiger partial charge in [-0.25, -0.2) is 0 Å². The van der Waals surface area contributed by atoms with E-state index >= 15 is 0 Å². The first-order valence-corrected chi connectivity index (χ1v) is 7.53. The predicted molar refractivity (Wildman–Crippen MR) is 72.1 cm³/mol. The summed E-state index contributed by atoms with van der Waals surface area (Å²) in [6.45, 7) is 7.24. The van der Waals surface area contributed by atoms with Gasteiger partial charge in [0.1, 0.15) is 0 Å². The molecule has 0 saturated carbocycles. The Kier molecular flexibility index (Phi) is 4.33. The second-order valence-electron chi connectivity index (χ2n) is 5.83. The minimum absolute atomic E-state index is 0.0946. The van der Waals surface area contributed by atoms with E-state index in [0.717, 1.165) is 13.0 Å². The van der Waals surface area contributed by atoms with Crippen molar-refractivity contribution in [1.82, 2.24) is 15.1 Å². The van der Waals surface area contributed by atoms with Crippen molar-refractivity contribution in [2.24, 2.45) is 0 Å². The molecule has 1 aromatic heterocycles. The summed E-state index contributed by atoms with van der Waals surface area (Å²) in [5.74, 6) is 1.68. The summed E-state index contributed by atoms with van der Waals surface area (Å²) in [4.78, 5) is 2.36. The summed E-state index contributed by atoms with van der Waals surface area (Å²) in [7, 11) is 0. The third-order valence-corrected chi connectivity index (χ3v) is 3.94. The van der Waals surface area contributed by atoms with Gasteiger partial charge in [0.05, 0.1) is 25.8 Å². The Morgan fingerprint density at radius 3 is 2.70 bits per heavy atom. The van der Waals surface area contributed by atoms with Gasteiger partial charge in [-0.1, -0.05) is 20.3 Å². The molecule has 6 heteroatoms. The van der Waals surface area contributed by atoms with Gasteiger partial charge in [0, 0.05) is 5.92 Å². The zero-order chi connectivity index (χ0) is 13.9. The highest BCUT2D eigenvalue weighted by molar-refractivity contribution is 4.90. The zero-order valence-corrected chi connectivity index (χ0v) is 12.2. The molecular formula is C14H23N3O3. The molecule has 3 heterocycles. The average molecular weight is 281 g/mol. The molecule has 0 aromatic carbocycles. The Hall–Kier alpha value is -0.980. The van der Waals surface area contributed by atoms with Gasteiger partial charge in [0.25, 0.3) is 0 Å². The summed E-state index contributed by atoms with van der Waals surface area (Å²) < 4.78 is 17.1. The molecular weight excluding hydrogens is 258 g/mol. The first-order valence-electron chi connectivity index (χ1n) is 7.53. The van der Waals surface area contributed by atoms with E-state index in [1.54, 1.807) is 0 Å². The number of rotatable bonds is 4. The van der Waals surface area contributed by atoms with Crippen molar-refractivity contribution in [3.8, 4) is 0 Å². The van der Waals surface area contributed by atoms with Crippen molar-refractivity contribution in [2.45, 2.75) is 57.9 Å². The highest BCUT2D eigenvalue weighted by Gasteiger charge is 2.34. The van der Waals surface area contributed by atoms with Crippen LogP contribution in [0, 0.1) is 0 Å². The fraction of sp³-hybridized carbons (Fsp3) is 0.857. The molecule has 0 amide bonds. The van der Waals surface area contributed by atoms with Crippen molar-refractivity contribution in [3.05, 3.63) is 11.8 Å². The second kappa shape index (κ2) is 6.20. The number of piperidine rings is 1. The van der Waals surface area contributed by atoms with Gasteiger partial charge in [-0.2, -0.15) is 0 Å². The van der Waals surface area contributed by atoms with Gasteiger partial charge in [-0.15, -0.1) is 10.2 Å². The molecule has 2 saturated heterocycles. The third kappa shape index (κ3) is 3.02. The molecule has 2 fully saturated rings. The van der Waals surface area contributed by atoms with Gasteiger partial charge in [0.15, 0.2) is 6.29 Å². The van der Waals surface area contributed by atoms with Gasteiger partial charge in [0.2, 0.25) is 11.8 Å². The summed E-state index contributed by atoms with van der Waals surface area (Å²) in [5, 5.41) is 8.25. The maximum Gasteiger partial charge on any atom is 0.230 e. The Labute approximate surface area is 119 Å². The Morgan fingerprint density at radius 1 is 1.20 bits per heavy atom. The van der Waals surface area contributed by atoms with Gasteiger partial charge in [-0.05, 0) is 19.4 Å². The summed E-state index contributed by atoms with van der Waals surface area (Å²) in [6, 6.07) is 0.306. The average Bonchev–Trinajstić information content (AvgIpc) is 3.10. The molecule has 0 radical (unpaired) electrons. The van der Waals surface area contributed by atoms with Crippen LogP contribution in [0.25, 0.3) is 0 Å². The molecule has 112 valence electrons. The molecule has 2 aliphatic heterocycles. The van der Waals surface area contributed by atoms with Crippen molar-refractivity contribution < 1.29 is 13.9 Å². The van der Waals surface area contributed by atoms with Crippen LogP contribution in [0.2, 0.25) is 0 Å². The molecule has 0 N–H and O–H groups in total. The van der Waals surface area contributed by atoms with Crippen LogP contribution < -0.4 is 0 Å². The van der Waals surface area contributed by atoms with Crippen LogP contribution in [0.3, 0.4) is 0 Å². The van der Waals surface area contributed by atoms with Gasteiger partial charge < -0.3 is 13.9 Å². The van der Waals surface area contributed by atoms with E-state index in [-0.39, 0.29) is 12.2 Å². The van der Waals surface area contributed by atoms with Crippen molar-refractivity contribution >= 4 is 0 Å². The fourth-order valence-corrected chi connectivity index (χ4v) is 2.86. The molecule has 0 aliphatic carbocycles. The number of nitrogens with zero attached hydrogens (tertiary/aromatic N) is 3. The SMILES string of the molecule is CC(C)c1nnc(CN2CCCCC2C2OCCO2)o1. The lowest BCUT2D eigenvalue weighted by molar-refractivity contribution is -0.112. The lowest BCUT2D eigenvalue weighted by Gasteiger charge is -2.37. The quantitative estimate of drug-likeness (QED) is 0.840. The lowest BCUT2D eigenvalue weighted by Crippen LogP contribution is -2.46. The maximum absolute atomic E-state index is 5.71. The topological polar surface area (TPSA) is 60.6 Å². The minimum atomic E-state index is -0.0946. The van der Waals surface area contributed by atoms with Gasteiger partial charge >= 0.3 is 0 Å². The smallest absolute Gasteiger partial charge is 0.230 e. The van der Waals surface area contributed by atoms with Crippen LogP contribution in [0.1, 0.15) is 50.8 Å². The highest BCUT2D eigenvalue weighted by atomic mass is 16.7. The van der Waals surface area contributed by atoms with Crippen LogP contribution >= 0.6 is 0 Å². The molecule has 1 atom stereocenters. The maximum atomic E-state index is 5.71. The van der Waals surface area contributed by atoms with Crippen LogP contribution in [0.5, 0.6) is 0 Å². The van der Waals surface area contributed by atoms with E-state index in [2.05, 4.69) is 28.9 Å². The van der Waals surface area contributed by atoms with E-state index in [0.29, 0.717) is 37.6 Å². The van der Waals surface area contributed by atoms with Crippen LogP contribution in [0.15, 0.2) is 4.42 Å². The Balaban J connectivity index is 1.66. The number of aromatic nitrogens is 2. The van der Waals surface area contributed by atoms with E-state index < -0.39 is 0 Å². The Morgan fingerprint density at radius 2 is 2.00 bits per heavy atom. The molecule has 1 unspecified atom stereocenters. The first kappa shape index (κ1) is 14.0. The summed E-state index contributed by atoms with van der Waals surface area (Å²) >= 11 is 0. The van der Waals surface area contributed by atoms with Crippen LogP contribution in [-0.4, -0.2) is 47.2 Å². The monoisotopic (exact) mass is 281 g/mol. The van der Waals surface area contributed by atoms with Crippen molar-refractivity contribution in [3.63, 3.8) is 0 Å². The van der Waals surface area contributed by atoms with Gasteiger partial charge in [-0.3, -0.25) is 4.90 Å². The molecule has 0 spiro atoms. The molecule has 20 heavy (non-hydrogen) atoms. The highest BCUT2D eigenvalue weighted by Crippen LogP contribution is 2.26. The summed E-state index contributed by atoms with van der Waals surface area (Å²) in [6.07, 6.45) is 3.44. The third-order valence-electron chi connectivity index (χ3n) is 3.94. The summed E-state index contributed by atoms with van der Waals surface area (Å²) in [5.41, 5.74) is 0. The van der Waals surface area contributed by atoms with Crippen LogP contribution in [-0.2, 0) is 16.0 Å². The van der Waals surface area contributed by atoms with Crippen molar-refractivity contribution in [1.29, 1.82) is 0 Å². The largest absolute Gasteiger partial charge is 0.424 e. The van der Waals surface area contributed by atoms with E-state index in [4.69, 9.17) is 13.9 Å².